The monoisotopic (exact) mass is 165 g/mol. The molecule has 1 saturated carbocycles. The van der Waals surface area contributed by atoms with Crippen molar-refractivity contribution in [1.82, 2.24) is 0 Å². The molecule has 1 fully saturated rings. The van der Waals surface area contributed by atoms with Crippen molar-refractivity contribution in [2.75, 3.05) is 7.11 Å². The number of nitriles is 1. The normalized spacial score (nSPS) is 26.7. The largest absolute Gasteiger partial charge is 0.469 e. The third-order valence-electron chi connectivity index (χ3n) is 2.40. The zero-order chi connectivity index (χ0) is 8.97. The molecule has 0 bridgehead atoms. The highest BCUT2D eigenvalue weighted by Gasteiger charge is 2.31. The van der Waals surface area contributed by atoms with Crippen LogP contribution in [0.15, 0.2) is 0 Å². The van der Waals surface area contributed by atoms with E-state index in [-0.39, 0.29) is 5.97 Å². The van der Waals surface area contributed by atoms with Crippen molar-refractivity contribution in [2.24, 2.45) is 5.92 Å². The summed E-state index contributed by atoms with van der Waals surface area (Å²) < 4.78 is 4.55. The van der Waals surface area contributed by atoms with Gasteiger partial charge in [-0.3, -0.25) is 4.79 Å². The first kappa shape index (κ1) is 9.12. The minimum atomic E-state index is -0.129. The number of rotatable bonds is 3. The molecule has 64 valence electrons. The zero-order valence-corrected chi connectivity index (χ0v) is 7.25. The summed E-state index contributed by atoms with van der Waals surface area (Å²) in [6, 6.07) is 0. The van der Waals surface area contributed by atoms with E-state index in [0.717, 1.165) is 12.8 Å². The number of methoxy groups -OCH3 is 1. The molecule has 0 amide bonds. The molecule has 0 aromatic heterocycles. The Hall–Kier alpha value is -0.975. The molecule has 1 aliphatic rings. The summed E-state index contributed by atoms with van der Waals surface area (Å²) >= 11 is 0. The van der Waals surface area contributed by atoms with E-state index in [1.807, 2.05) is 0 Å². The Morgan fingerprint density at radius 1 is 1.75 bits per heavy atom. The van der Waals surface area contributed by atoms with Crippen LogP contribution in [0.1, 0.15) is 19.3 Å². The molecule has 0 saturated heterocycles. The van der Waals surface area contributed by atoms with Crippen molar-refractivity contribution in [1.29, 1.82) is 5.26 Å². The average Bonchev–Trinajstić information content (AvgIpc) is 2.00. The molecule has 0 aliphatic heterocycles. The van der Waals surface area contributed by atoms with E-state index in [0.29, 0.717) is 25.4 Å². The van der Waals surface area contributed by atoms with Crippen LogP contribution in [0.4, 0.5) is 0 Å². The maximum Gasteiger partial charge on any atom is 0.305 e. The molecule has 1 aliphatic carbocycles. The van der Waals surface area contributed by atoms with Crippen molar-refractivity contribution in [3.63, 3.8) is 0 Å². The lowest BCUT2D eigenvalue weighted by atomic mass is 9.52. The second kappa shape index (κ2) is 4.15. The van der Waals surface area contributed by atoms with Crippen LogP contribution >= 0.6 is 0 Å². The minimum absolute atomic E-state index is 0.129. The fourth-order valence-electron chi connectivity index (χ4n) is 1.66. The SMILES string of the molecule is COC(=O)CC1CC(BC#N)C1. The fourth-order valence-corrected chi connectivity index (χ4v) is 1.66. The van der Waals surface area contributed by atoms with E-state index < -0.39 is 0 Å². The van der Waals surface area contributed by atoms with Gasteiger partial charge in [0.15, 0.2) is 0 Å². The number of hydrogen-bond donors (Lipinski definition) is 0. The molecule has 0 N–H and O–H groups in total. The average molecular weight is 165 g/mol. The van der Waals surface area contributed by atoms with Gasteiger partial charge in [0.2, 0.25) is 0 Å². The van der Waals surface area contributed by atoms with Gasteiger partial charge in [0.25, 0.3) is 7.28 Å². The van der Waals surface area contributed by atoms with Gasteiger partial charge < -0.3 is 4.74 Å². The van der Waals surface area contributed by atoms with Crippen LogP contribution in [0.3, 0.4) is 0 Å². The molecule has 0 atom stereocenters. The number of ether oxygens (including phenoxy) is 1. The predicted molar refractivity (Wildman–Crippen MR) is 45.9 cm³/mol. The second-order valence-electron chi connectivity index (χ2n) is 3.35. The molecule has 4 heteroatoms. The Labute approximate surface area is 72.9 Å². The maximum absolute atomic E-state index is 10.8. The van der Waals surface area contributed by atoms with Crippen LogP contribution in [-0.4, -0.2) is 20.4 Å². The number of hydrogen-bond acceptors (Lipinski definition) is 3. The quantitative estimate of drug-likeness (QED) is 0.456. The van der Waals surface area contributed by atoms with Gasteiger partial charge in [-0.25, -0.2) is 5.26 Å². The van der Waals surface area contributed by atoms with E-state index in [9.17, 15) is 4.79 Å². The number of carbonyl (C=O) groups excluding carboxylic acids is 1. The maximum atomic E-state index is 10.8. The van der Waals surface area contributed by atoms with E-state index in [1.165, 1.54) is 7.11 Å². The van der Waals surface area contributed by atoms with Gasteiger partial charge in [-0.15, -0.1) is 0 Å². The Bertz CT molecular complexity index is 206. The van der Waals surface area contributed by atoms with Crippen LogP contribution in [0.2, 0.25) is 5.82 Å². The lowest BCUT2D eigenvalue weighted by Crippen LogP contribution is -2.25. The van der Waals surface area contributed by atoms with E-state index >= 15 is 0 Å². The van der Waals surface area contributed by atoms with Crippen molar-refractivity contribution < 1.29 is 9.53 Å². The third kappa shape index (κ3) is 2.26. The van der Waals surface area contributed by atoms with Crippen molar-refractivity contribution in [2.45, 2.75) is 25.1 Å². The molecule has 1 rings (SSSR count). The first-order valence-corrected chi connectivity index (χ1v) is 4.20. The molecular weight excluding hydrogens is 153 g/mol. The summed E-state index contributed by atoms with van der Waals surface area (Å²) in [5.41, 5.74) is 0. The Morgan fingerprint density at radius 3 is 2.92 bits per heavy atom. The number of esters is 1. The summed E-state index contributed by atoms with van der Waals surface area (Å²) in [7, 11) is 2.05. The highest BCUT2D eigenvalue weighted by molar-refractivity contribution is 6.47. The van der Waals surface area contributed by atoms with Crippen molar-refractivity contribution in [3.05, 3.63) is 0 Å². The Kier molecular flexibility index (Phi) is 3.15. The summed E-state index contributed by atoms with van der Waals surface area (Å²) in [6.07, 6.45) is 2.56. The fraction of sp³-hybridized carbons (Fsp3) is 0.750. The minimum Gasteiger partial charge on any atom is -0.469 e. The zero-order valence-electron chi connectivity index (χ0n) is 7.25. The molecule has 0 heterocycles. The highest BCUT2D eigenvalue weighted by atomic mass is 16.5. The lowest BCUT2D eigenvalue weighted by molar-refractivity contribution is -0.142. The van der Waals surface area contributed by atoms with E-state index in [1.54, 1.807) is 0 Å². The number of nitrogens with zero attached hydrogens (tertiary/aromatic N) is 1. The summed E-state index contributed by atoms with van der Waals surface area (Å²) in [4.78, 5) is 10.8. The van der Waals surface area contributed by atoms with Gasteiger partial charge in [0.1, 0.15) is 0 Å². The van der Waals surface area contributed by atoms with Crippen molar-refractivity contribution >= 4 is 13.2 Å². The predicted octanol–water partition coefficient (Wildman–Crippen LogP) is 0.666. The standard InChI is InChI=1S/C8H12BNO2/c1-12-8(11)4-6-2-7(3-6)9-5-10/h6-7,9H,2-4H2,1H3. The van der Waals surface area contributed by atoms with Crippen LogP contribution in [0.5, 0.6) is 0 Å². The van der Waals surface area contributed by atoms with Crippen LogP contribution in [0.25, 0.3) is 0 Å². The van der Waals surface area contributed by atoms with Gasteiger partial charge in [-0.1, -0.05) is 18.7 Å². The summed E-state index contributed by atoms with van der Waals surface area (Å²) in [5, 5.41) is 8.37. The second-order valence-corrected chi connectivity index (χ2v) is 3.35. The van der Waals surface area contributed by atoms with Crippen LogP contribution < -0.4 is 0 Å². The van der Waals surface area contributed by atoms with E-state index in [4.69, 9.17) is 5.26 Å². The molecule has 0 radical (unpaired) electrons. The molecule has 0 spiro atoms. The molecule has 0 aromatic rings. The first-order chi connectivity index (χ1) is 5.76. The summed E-state index contributed by atoms with van der Waals surface area (Å²) in [6.45, 7) is 0. The Balaban J connectivity index is 2.10. The first-order valence-electron chi connectivity index (χ1n) is 4.20. The number of carbonyl (C=O) groups is 1. The van der Waals surface area contributed by atoms with Gasteiger partial charge in [0, 0.05) is 6.42 Å². The molecule has 12 heavy (non-hydrogen) atoms. The third-order valence-corrected chi connectivity index (χ3v) is 2.40. The summed E-state index contributed by atoms with van der Waals surface area (Å²) in [5.74, 6) is 3.01. The van der Waals surface area contributed by atoms with Crippen molar-refractivity contribution in [3.8, 4) is 5.97 Å². The van der Waals surface area contributed by atoms with Gasteiger partial charge in [-0.2, -0.15) is 0 Å². The molecular formula is C8H12BNO2. The highest BCUT2D eigenvalue weighted by Crippen LogP contribution is 2.39. The van der Waals surface area contributed by atoms with Gasteiger partial charge in [-0.05, 0) is 11.9 Å². The van der Waals surface area contributed by atoms with E-state index in [2.05, 4.69) is 10.7 Å². The lowest BCUT2D eigenvalue weighted by Gasteiger charge is -2.32. The topological polar surface area (TPSA) is 50.1 Å². The van der Waals surface area contributed by atoms with Crippen LogP contribution in [-0.2, 0) is 9.53 Å². The smallest absolute Gasteiger partial charge is 0.305 e. The van der Waals surface area contributed by atoms with Gasteiger partial charge in [0.05, 0.1) is 7.11 Å². The van der Waals surface area contributed by atoms with Gasteiger partial charge >= 0.3 is 5.97 Å². The molecule has 3 nitrogen and oxygen atoms in total. The molecule has 0 unspecified atom stereocenters. The molecule has 0 aromatic carbocycles. The Morgan fingerprint density at radius 2 is 2.42 bits per heavy atom. The van der Waals surface area contributed by atoms with Crippen LogP contribution in [0, 0.1) is 17.1 Å².